The normalized spacial score (nSPS) is 11.2. The van der Waals surface area contributed by atoms with Crippen molar-refractivity contribution in [1.82, 2.24) is 10.2 Å². The minimum Gasteiger partial charge on any atom is -0.377 e. The molecule has 0 bridgehead atoms. The maximum atomic E-state index is 13.3. The van der Waals surface area contributed by atoms with Crippen molar-refractivity contribution in [2.45, 2.75) is 60.2 Å². The summed E-state index contributed by atoms with van der Waals surface area (Å²) in [7, 11) is 3.96. The number of hydrogen-bond donors (Lipinski definition) is 2. The van der Waals surface area contributed by atoms with Gasteiger partial charge in [0.15, 0.2) is 0 Å². The van der Waals surface area contributed by atoms with E-state index in [1.54, 1.807) is 0 Å². The average molecular weight is 439 g/mol. The zero-order valence-electron chi connectivity index (χ0n) is 20.5. The van der Waals surface area contributed by atoms with Crippen LogP contribution in [0, 0.1) is 5.41 Å². The molecule has 0 aromatic heterocycles. The number of carbonyl (C=O) groups excluding carboxylic acids is 2. The molecule has 2 N–H and O–H groups in total. The fourth-order valence-corrected chi connectivity index (χ4v) is 3.46. The molecule has 0 atom stereocenters. The van der Waals surface area contributed by atoms with Crippen molar-refractivity contribution in [2.24, 2.45) is 5.41 Å². The Labute approximate surface area is 193 Å². The Morgan fingerprint density at radius 1 is 0.969 bits per heavy atom. The number of nitrogens with zero attached hydrogens (tertiary/aromatic N) is 2. The third kappa shape index (κ3) is 8.25. The van der Waals surface area contributed by atoms with E-state index in [0.29, 0.717) is 25.2 Å². The van der Waals surface area contributed by atoms with E-state index in [9.17, 15) is 9.59 Å². The van der Waals surface area contributed by atoms with Crippen LogP contribution in [-0.4, -0.2) is 37.0 Å². The maximum absolute atomic E-state index is 13.3. The van der Waals surface area contributed by atoms with Gasteiger partial charge in [0.1, 0.15) is 0 Å². The van der Waals surface area contributed by atoms with Crippen molar-refractivity contribution >= 4 is 23.3 Å². The van der Waals surface area contributed by atoms with Crippen LogP contribution in [0.3, 0.4) is 0 Å². The highest BCUT2D eigenvalue weighted by Gasteiger charge is 2.23. The van der Waals surface area contributed by atoms with Crippen LogP contribution in [0.15, 0.2) is 48.5 Å². The smallest absolute Gasteiger partial charge is 0.319 e. The first-order valence-corrected chi connectivity index (χ1v) is 11.1. The molecule has 0 spiro atoms. The molecule has 32 heavy (non-hydrogen) atoms. The maximum Gasteiger partial charge on any atom is 0.319 e. The molecule has 6 heteroatoms. The second-order valence-electron chi connectivity index (χ2n) is 9.96. The van der Waals surface area contributed by atoms with Crippen LogP contribution < -0.4 is 15.5 Å². The summed E-state index contributed by atoms with van der Waals surface area (Å²) >= 11 is 0. The summed E-state index contributed by atoms with van der Waals surface area (Å²) in [6, 6.07) is 15.7. The van der Waals surface area contributed by atoms with Gasteiger partial charge in [-0.1, -0.05) is 51.1 Å². The van der Waals surface area contributed by atoms with Gasteiger partial charge in [-0.25, -0.2) is 4.79 Å². The van der Waals surface area contributed by atoms with Gasteiger partial charge < -0.3 is 20.4 Å². The van der Waals surface area contributed by atoms with E-state index in [1.165, 1.54) is 0 Å². The molecule has 2 aromatic carbocycles. The van der Waals surface area contributed by atoms with Crippen molar-refractivity contribution in [1.29, 1.82) is 0 Å². The molecule has 0 saturated heterocycles. The molecule has 0 heterocycles. The largest absolute Gasteiger partial charge is 0.377 e. The highest BCUT2D eigenvalue weighted by Crippen LogP contribution is 2.27. The Hall–Kier alpha value is -3.02. The lowest BCUT2D eigenvalue weighted by molar-refractivity contribution is -0.134. The lowest BCUT2D eigenvalue weighted by atomic mass is 9.91. The molecular weight excluding hydrogens is 400 g/mol. The van der Waals surface area contributed by atoms with Gasteiger partial charge in [0.25, 0.3) is 0 Å². The monoisotopic (exact) mass is 438 g/mol. The molecule has 2 aromatic rings. The van der Waals surface area contributed by atoms with Crippen LogP contribution in [0.4, 0.5) is 16.2 Å². The quantitative estimate of drug-likeness (QED) is 0.592. The second kappa shape index (κ2) is 11.0. The van der Waals surface area contributed by atoms with Gasteiger partial charge in [-0.15, -0.1) is 0 Å². The predicted octanol–water partition coefficient (Wildman–Crippen LogP) is 5.25. The standard InChI is InChI=1S/C26H38N4O2/c1-19(2)27-25(32)28-22-13-14-23(29(6)7)21(15-22)18-30(24(31)16-26(3,4)5)17-20-11-9-8-10-12-20/h8-15,19H,16-18H2,1-7H3,(H2,27,28,32). The highest BCUT2D eigenvalue weighted by atomic mass is 16.2. The molecule has 0 fully saturated rings. The SMILES string of the molecule is CC(C)NC(=O)Nc1ccc(N(C)C)c(CN(Cc2ccccc2)C(=O)CC(C)(C)C)c1. The van der Waals surface area contributed by atoms with Crippen LogP contribution in [0.2, 0.25) is 0 Å². The van der Waals surface area contributed by atoms with Gasteiger partial charge >= 0.3 is 6.03 Å². The van der Waals surface area contributed by atoms with Crippen molar-refractivity contribution in [2.75, 3.05) is 24.3 Å². The Morgan fingerprint density at radius 2 is 1.62 bits per heavy atom. The van der Waals surface area contributed by atoms with Crippen LogP contribution in [-0.2, 0) is 17.9 Å². The summed E-state index contributed by atoms with van der Waals surface area (Å²) in [6.45, 7) is 11.1. The van der Waals surface area contributed by atoms with Crippen molar-refractivity contribution in [3.63, 3.8) is 0 Å². The lowest BCUT2D eigenvalue weighted by Crippen LogP contribution is -2.34. The minimum absolute atomic E-state index is 0.0481. The lowest BCUT2D eigenvalue weighted by Gasteiger charge is -2.29. The zero-order chi connectivity index (χ0) is 23.9. The van der Waals surface area contributed by atoms with E-state index in [-0.39, 0.29) is 23.4 Å². The van der Waals surface area contributed by atoms with E-state index in [2.05, 4.69) is 31.4 Å². The summed E-state index contributed by atoms with van der Waals surface area (Å²) in [5, 5.41) is 5.74. The number of rotatable bonds is 8. The van der Waals surface area contributed by atoms with Crippen molar-refractivity contribution in [3.05, 3.63) is 59.7 Å². The average Bonchev–Trinajstić information content (AvgIpc) is 2.66. The fraction of sp³-hybridized carbons (Fsp3) is 0.462. The summed E-state index contributed by atoms with van der Waals surface area (Å²) in [6.07, 6.45) is 0.464. The van der Waals surface area contributed by atoms with Gasteiger partial charge in [0.05, 0.1) is 0 Å². The molecule has 2 rings (SSSR count). The molecule has 0 unspecified atom stereocenters. The van der Waals surface area contributed by atoms with Crippen molar-refractivity contribution in [3.8, 4) is 0 Å². The van der Waals surface area contributed by atoms with Gasteiger partial charge in [-0.3, -0.25) is 4.79 Å². The first-order valence-electron chi connectivity index (χ1n) is 11.1. The molecular formula is C26H38N4O2. The molecule has 0 aliphatic heterocycles. The third-order valence-electron chi connectivity index (χ3n) is 4.85. The van der Waals surface area contributed by atoms with Crippen LogP contribution >= 0.6 is 0 Å². The first-order chi connectivity index (χ1) is 14.9. The van der Waals surface area contributed by atoms with Gasteiger partial charge in [0, 0.05) is 51.0 Å². The van der Waals surface area contributed by atoms with E-state index in [1.807, 2.05) is 86.3 Å². The third-order valence-corrected chi connectivity index (χ3v) is 4.85. The van der Waals surface area contributed by atoms with Crippen molar-refractivity contribution < 1.29 is 9.59 Å². The van der Waals surface area contributed by atoms with Gasteiger partial charge in [0.2, 0.25) is 5.91 Å². The van der Waals surface area contributed by atoms with E-state index in [0.717, 1.165) is 16.8 Å². The first kappa shape index (κ1) is 25.2. The van der Waals surface area contributed by atoms with Gasteiger partial charge in [-0.2, -0.15) is 0 Å². The minimum atomic E-state index is -0.242. The topological polar surface area (TPSA) is 64.7 Å². The molecule has 6 nitrogen and oxygen atoms in total. The summed E-state index contributed by atoms with van der Waals surface area (Å²) in [4.78, 5) is 29.4. The molecule has 0 aliphatic carbocycles. The number of anilines is 2. The molecule has 0 aliphatic rings. The Bertz CT molecular complexity index is 902. The van der Waals surface area contributed by atoms with E-state index >= 15 is 0 Å². The number of urea groups is 1. The summed E-state index contributed by atoms with van der Waals surface area (Å²) < 4.78 is 0. The van der Waals surface area contributed by atoms with Crippen LogP contribution in [0.25, 0.3) is 0 Å². The number of hydrogen-bond acceptors (Lipinski definition) is 3. The summed E-state index contributed by atoms with van der Waals surface area (Å²) in [5.41, 5.74) is 3.68. The number of nitrogens with one attached hydrogen (secondary N) is 2. The van der Waals surface area contributed by atoms with Crippen LogP contribution in [0.1, 0.15) is 52.2 Å². The number of carbonyl (C=O) groups is 2. The molecule has 174 valence electrons. The Morgan fingerprint density at radius 3 is 2.19 bits per heavy atom. The Kier molecular flexibility index (Phi) is 8.70. The zero-order valence-corrected chi connectivity index (χ0v) is 20.5. The van der Waals surface area contributed by atoms with E-state index in [4.69, 9.17) is 0 Å². The molecule has 3 amide bonds. The number of benzene rings is 2. The van der Waals surface area contributed by atoms with Crippen LogP contribution in [0.5, 0.6) is 0 Å². The van der Waals surface area contributed by atoms with Gasteiger partial charge in [-0.05, 0) is 48.6 Å². The number of amides is 3. The predicted molar refractivity (Wildman–Crippen MR) is 133 cm³/mol. The fourth-order valence-electron chi connectivity index (χ4n) is 3.46. The highest BCUT2D eigenvalue weighted by molar-refractivity contribution is 5.90. The van der Waals surface area contributed by atoms with E-state index < -0.39 is 0 Å². The molecule has 0 radical (unpaired) electrons. The second-order valence-corrected chi connectivity index (χ2v) is 9.96. The summed E-state index contributed by atoms with van der Waals surface area (Å²) in [5.74, 6) is 0.113. The Balaban J connectivity index is 2.35. The molecule has 0 saturated carbocycles.